The molecular formula is C16H24O3. The molecule has 3 nitrogen and oxygen atoms in total. The highest BCUT2D eigenvalue weighted by Gasteiger charge is 2.41. The van der Waals surface area contributed by atoms with Crippen LogP contribution in [0.15, 0.2) is 18.2 Å². The third kappa shape index (κ3) is 2.77. The molecule has 19 heavy (non-hydrogen) atoms. The Bertz CT molecular complexity index is 422. The Kier molecular flexibility index (Phi) is 4.48. The van der Waals surface area contributed by atoms with Gasteiger partial charge in [0.1, 0.15) is 11.9 Å². The van der Waals surface area contributed by atoms with Gasteiger partial charge in [-0.2, -0.15) is 0 Å². The lowest BCUT2D eigenvalue weighted by atomic mass is 9.78. The zero-order valence-corrected chi connectivity index (χ0v) is 12.1. The highest BCUT2D eigenvalue weighted by molar-refractivity contribution is 5.39. The van der Waals surface area contributed by atoms with Crippen LogP contribution in [0.25, 0.3) is 0 Å². The number of hydrogen-bond donors (Lipinski definition) is 1. The second-order valence-electron chi connectivity index (χ2n) is 5.48. The zero-order valence-electron chi connectivity index (χ0n) is 12.1. The molecule has 1 fully saturated rings. The van der Waals surface area contributed by atoms with Crippen molar-refractivity contribution in [2.24, 2.45) is 0 Å². The van der Waals surface area contributed by atoms with E-state index in [1.807, 2.05) is 25.1 Å². The van der Waals surface area contributed by atoms with Crippen LogP contribution in [0.5, 0.6) is 5.75 Å². The fraction of sp³-hybridized carbons (Fsp3) is 0.625. The average Bonchev–Trinajstić information content (AvgIpc) is 2.47. The van der Waals surface area contributed by atoms with Crippen LogP contribution in [-0.2, 0) is 4.74 Å². The predicted molar refractivity (Wildman–Crippen MR) is 75.5 cm³/mol. The van der Waals surface area contributed by atoms with Crippen LogP contribution in [0.4, 0.5) is 0 Å². The molecule has 1 aliphatic carbocycles. The van der Waals surface area contributed by atoms with Gasteiger partial charge < -0.3 is 14.6 Å². The van der Waals surface area contributed by atoms with Gasteiger partial charge in [0.2, 0.25) is 0 Å². The summed E-state index contributed by atoms with van der Waals surface area (Å²) in [5, 5.41) is 10.8. The molecule has 1 saturated carbocycles. The maximum absolute atomic E-state index is 10.8. The van der Waals surface area contributed by atoms with E-state index < -0.39 is 11.7 Å². The molecule has 0 amide bonds. The SMILES string of the molecule is COc1ccc(C)cc1C(O)C1(OC)CCCCC1. The summed E-state index contributed by atoms with van der Waals surface area (Å²) in [5.41, 5.74) is 1.50. The van der Waals surface area contributed by atoms with Crippen LogP contribution in [0.2, 0.25) is 0 Å². The molecular weight excluding hydrogens is 240 g/mol. The van der Waals surface area contributed by atoms with Crippen molar-refractivity contribution in [1.82, 2.24) is 0 Å². The Hall–Kier alpha value is -1.06. The van der Waals surface area contributed by atoms with Crippen molar-refractivity contribution in [2.75, 3.05) is 14.2 Å². The fourth-order valence-corrected chi connectivity index (χ4v) is 3.09. The molecule has 1 aromatic rings. The van der Waals surface area contributed by atoms with Crippen molar-refractivity contribution >= 4 is 0 Å². The number of aliphatic hydroxyl groups excluding tert-OH is 1. The van der Waals surface area contributed by atoms with E-state index in [2.05, 4.69) is 0 Å². The minimum atomic E-state index is -0.632. The first-order chi connectivity index (χ1) is 9.13. The number of benzene rings is 1. The Morgan fingerprint density at radius 1 is 1.16 bits per heavy atom. The van der Waals surface area contributed by atoms with Gasteiger partial charge in [-0.25, -0.2) is 0 Å². The molecule has 2 rings (SSSR count). The first-order valence-electron chi connectivity index (χ1n) is 7.01. The zero-order chi connectivity index (χ0) is 13.9. The van der Waals surface area contributed by atoms with E-state index in [1.54, 1.807) is 14.2 Å². The molecule has 1 unspecified atom stereocenters. The van der Waals surface area contributed by atoms with Crippen molar-refractivity contribution in [2.45, 2.75) is 50.7 Å². The van der Waals surface area contributed by atoms with Crippen molar-refractivity contribution < 1.29 is 14.6 Å². The van der Waals surface area contributed by atoms with Gasteiger partial charge in [-0.05, 0) is 31.9 Å². The Labute approximate surface area is 115 Å². The summed E-state index contributed by atoms with van der Waals surface area (Å²) in [4.78, 5) is 0. The van der Waals surface area contributed by atoms with Crippen LogP contribution in [-0.4, -0.2) is 24.9 Å². The third-order valence-corrected chi connectivity index (χ3v) is 4.28. The van der Waals surface area contributed by atoms with Crippen molar-refractivity contribution in [1.29, 1.82) is 0 Å². The van der Waals surface area contributed by atoms with E-state index >= 15 is 0 Å². The average molecular weight is 264 g/mol. The Morgan fingerprint density at radius 3 is 2.42 bits per heavy atom. The van der Waals surface area contributed by atoms with E-state index in [1.165, 1.54) is 6.42 Å². The number of rotatable bonds is 4. The molecule has 1 atom stereocenters. The van der Waals surface area contributed by atoms with Crippen molar-refractivity contribution in [3.05, 3.63) is 29.3 Å². The van der Waals surface area contributed by atoms with Gasteiger partial charge in [-0.1, -0.05) is 30.9 Å². The van der Waals surface area contributed by atoms with E-state index in [4.69, 9.17) is 9.47 Å². The molecule has 0 aromatic heterocycles. The molecule has 0 bridgehead atoms. The molecule has 1 N–H and O–H groups in total. The van der Waals surface area contributed by atoms with Gasteiger partial charge in [0.15, 0.2) is 0 Å². The summed E-state index contributed by atoms with van der Waals surface area (Å²) in [6.45, 7) is 2.02. The first kappa shape index (κ1) is 14.4. The van der Waals surface area contributed by atoms with E-state index in [9.17, 15) is 5.11 Å². The van der Waals surface area contributed by atoms with Gasteiger partial charge in [-0.3, -0.25) is 0 Å². The maximum atomic E-state index is 10.8. The van der Waals surface area contributed by atoms with Crippen LogP contribution in [0.1, 0.15) is 49.3 Å². The molecule has 0 radical (unpaired) electrons. The summed E-state index contributed by atoms with van der Waals surface area (Å²) in [6.07, 6.45) is 4.62. The minimum absolute atomic E-state index is 0.459. The largest absolute Gasteiger partial charge is 0.496 e. The van der Waals surface area contributed by atoms with Gasteiger partial charge >= 0.3 is 0 Å². The molecule has 0 saturated heterocycles. The lowest BCUT2D eigenvalue weighted by molar-refractivity contribution is -0.125. The molecule has 0 heterocycles. The lowest BCUT2D eigenvalue weighted by Crippen LogP contribution is -2.40. The van der Waals surface area contributed by atoms with Crippen LogP contribution in [0, 0.1) is 6.92 Å². The number of aliphatic hydroxyl groups is 1. The number of ether oxygens (including phenoxy) is 2. The fourth-order valence-electron chi connectivity index (χ4n) is 3.09. The first-order valence-corrected chi connectivity index (χ1v) is 7.01. The normalized spacial score (nSPS) is 20.0. The summed E-state index contributed by atoms with van der Waals surface area (Å²) in [7, 11) is 3.35. The van der Waals surface area contributed by atoms with Crippen LogP contribution in [0.3, 0.4) is 0 Å². The third-order valence-electron chi connectivity index (χ3n) is 4.28. The second-order valence-corrected chi connectivity index (χ2v) is 5.48. The van der Waals surface area contributed by atoms with Crippen molar-refractivity contribution in [3.8, 4) is 5.75 Å². The Morgan fingerprint density at radius 2 is 1.84 bits per heavy atom. The van der Waals surface area contributed by atoms with Gasteiger partial charge in [0.05, 0.1) is 12.7 Å². The monoisotopic (exact) mass is 264 g/mol. The van der Waals surface area contributed by atoms with E-state index in [0.29, 0.717) is 0 Å². The molecule has 1 aliphatic rings. The highest BCUT2D eigenvalue weighted by Crippen LogP contribution is 2.43. The topological polar surface area (TPSA) is 38.7 Å². The van der Waals surface area contributed by atoms with Gasteiger partial charge in [0.25, 0.3) is 0 Å². The van der Waals surface area contributed by atoms with Crippen LogP contribution >= 0.6 is 0 Å². The molecule has 3 heteroatoms. The van der Waals surface area contributed by atoms with Gasteiger partial charge in [0, 0.05) is 12.7 Å². The highest BCUT2D eigenvalue weighted by atomic mass is 16.5. The maximum Gasteiger partial charge on any atom is 0.124 e. The summed E-state index contributed by atoms with van der Waals surface area (Å²) in [5.74, 6) is 0.736. The standard InChI is InChI=1S/C16H24O3/c1-12-7-8-14(18-2)13(11-12)15(17)16(19-3)9-5-4-6-10-16/h7-8,11,15,17H,4-6,9-10H2,1-3H3. The molecule has 0 spiro atoms. The molecule has 0 aliphatic heterocycles. The van der Waals surface area contributed by atoms with E-state index in [-0.39, 0.29) is 0 Å². The molecule has 106 valence electrons. The number of methoxy groups -OCH3 is 2. The summed E-state index contributed by atoms with van der Waals surface area (Å²) in [6, 6.07) is 5.91. The minimum Gasteiger partial charge on any atom is -0.496 e. The smallest absolute Gasteiger partial charge is 0.124 e. The quantitative estimate of drug-likeness (QED) is 0.906. The number of aryl methyl sites for hydroxylation is 1. The summed E-state index contributed by atoms with van der Waals surface area (Å²) >= 11 is 0. The molecule has 1 aromatic carbocycles. The van der Waals surface area contributed by atoms with E-state index in [0.717, 1.165) is 42.6 Å². The number of hydrogen-bond acceptors (Lipinski definition) is 3. The van der Waals surface area contributed by atoms with Gasteiger partial charge in [-0.15, -0.1) is 0 Å². The van der Waals surface area contributed by atoms with Crippen LogP contribution < -0.4 is 4.74 Å². The predicted octanol–water partition coefficient (Wildman–Crippen LogP) is 3.39. The lowest BCUT2D eigenvalue weighted by Gasteiger charge is -2.40. The second kappa shape index (κ2) is 5.93. The Balaban J connectivity index is 2.36. The summed E-state index contributed by atoms with van der Waals surface area (Å²) < 4.78 is 11.1. The van der Waals surface area contributed by atoms with Crippen molar-refractivity contribution in [3.63, 3.8) is 0 Å².